The average molecular weight is 397 g/mol. The predicted octanol–water partition coefficient (Wildman–Crippen LogP) is 10.3. The van der Waals surface area contributed by atoms with Crippen molar-refractivity contribution in [1.82, 2.24) is 0 Å². The second kappa shape index (κ2) is 24.0. The molecule has 0 aromatic rings. The average Bonchev–Trinajstić information content (AvgIpc) is 2.76. The first-order chi connectivity index (χ1) is 14.1. The molecule has 0 aromatic carbocycles. The van der Waals surface area contributed by atoms with Crippen LogP contribution in [0.25, 0.3) is 0 Å². The van der Waals surface area contributed by atoms with Gasteiger partial charge in [-0.25, -0.2) is 0 Å². The Kier molecular flexibility index (Phi) is 26.1. The molecule has 164 valence electrons. The third kappa shape index (κ3) is 13.7. The van der Waals surface area contributed by atoms with Crippen LogP contribution in [-0.2, 0) is 0 Å². The molecule has 0 spiro atoms. The first-order valence-corrected chi connectivity index (χ1v) is 11.4. The highest BCUT2D eigenvalue weighted by Gasteiger charge is 2.11. The molecule has 0 bridgehead atoms. The van der Waals surface area contributed by atoms with Crippen LogP contribution in [-0.4, -0.2) is 0 Å². The topological polar surface area (TPSA) is 0 Å². The molecule has 0 fully saturated rings. The summed E-state index contributed by atoms with van der Waals surface area (Å²) in [5.74, 6) is 0. The third-order valence-corrected chi connectivity index (χ3v) is 4.07. The van der Waals surface area contributed by atoms with Crippen molar-refractivity contribution in [3.8, 4) is 0 Å². The fraction of sp³-hybridized carbons (Fsp3) is 0.448. The van der Waals surface area contributed by atoms with Gasteiger partial charge in [-0.3, -0.25) is 0 Å². The summed E-state index contributed by atoms with van der Waals surface area (Å²) in [4.78, 5) is 0. The molecule has 0 saturated heterocycles. The maximum absolute atomic E-state index is 3.84. The summed E-state index contributed by atoms with van der Waals surface area (Å²) < 4.78 is 0. The van der Waals surface area contributed by atoms with Gasteiger partial charge in [0.05, 0.1) is 0 Å². The number of hydrogen-bond donors (Lipinski definition) is 0. The molecule has 0 unspecified atom stereocenters. The smallest absolute Gasteiger partial charge is 0.0149 e. The van der Waals surface area contributed by atoms with Crippen LogP contribution in [0, 0.1) is 0 Å². The molecule has 0 saturated carbocycles. The minimum absolute atomic E-state index is 1.05. The van der Waals surface area contributed by atoms with E-state index in [1.807, 2.05) is 52.0 Å². The highest BCUT2D eigenvalue weighted by Crippen LogP contribution is 2.30. The largest absolute Gasteiger partial charge is 0.0991 e. The van der Waals surface area contributed by atoms with E-state index in [1.165, 1.54) is 27.9 Å². The Hall–Kier alpha value is -2.08. The van der Waals surface area contributed by atoms with Gasteiger partial charge in [-0.1, -0.05) is 122 Å². The Labute approximate surface area is 183 Å². The summed E-state index contributed by atoms with van der Waals surface area (Å²) in [5.41, 5.74) is 6.64. The Morgan fingerprint density at radius 3 is 1.59 bits per heavy atom. The Balaban J connectivity index is -0.00000158. The molecule has 0 aliphatic carbocycles. The molecule has 0 radical (unpaired) electrons. The highest BCUT2D eigenvalue weighted by atomic mass is 14.2. The quantitative estimate of drug-likeness (QED) is 0.305. The summed E-state index contributed by atoms with van der Waals surface area (Å²) in [7, 11) is 0. The predicted molar refractivity (Wildman–Crippen MR) is 139 cm³/mol. The van der Waals surface area contributed by atoms with E-state index in [2.05, 4.69) is 78.2 Å². The van der Waals surface area contributed by atoms with Crippen LogP contribution < -0.4 is 0 Å². The van der Waals surface area contributed by atoms with Crippen molar-refractivity contribution in [2.75, 3.05) is 0 Å². The van der Waals surface area contributed by atoms with Gasteiger partial charge in [0.2, 0.25) is 0 Å². The zero-order valence-corrected chi connectivity index (χ0v) is 20.9. The van der Waals surface area contributed by atoms with Crippen LogP contribution in [0.4, 0.5) is 0 Å². The molecule has 0 heteroatoms. The molecule has 0 N–H and O–H groups in total. The van der Waals surface area contributed by atoms with Gasteiger partial charge < -0.3 is 0 Å². The second-order valence-electron chi connectivity index (χ2n) is 5.98. The van der Waals surface area contributed by atoms with Gasteiger partial charge in [0.1, 0.15) is 0 Å². The van der Waals surface area contributed by atoms with Crippen LogP contribution in [0.15, 0.2) is 95.7 Å². The Morgan fingerprint density at radius 2 is 1.21 bits per heavy atom. The van der Waals surface area contributed by atoms with E-state index < -0.39 is 0 Å². The summed E-state index contributed by atoms with van der Waals surface area (Å²) >= 11 is 0. The monoisotopic (exact) mass is 396 g/mol. The van der Waals surface area contributed by atoms with Crippen LogP contribution in [0.5, 0.6) is 0 Å². The van der Waals surface area contributed by atoms with Crippen LogP contribution in [0.1, 0.15) is 88.0 Å². The number of hydrogen-bond acceptors (Lipinski definition) is 0. The van der Waals surface area contributed by atoms with Crippen molar-refractivity contribution in [2.24, 2.45) is 0 Å². The van der Waals surface area contributed by atoms with Crippen molar-refractivity contribution in [2.45, 2.75) is 88.0 Å². The van der Waals surface area contributed by atoms with Crippen molar-refractivity contribution in [1.29, 1.82) is 0 Å². The first-order valence-electron chi connectivity index (χ1n) is 11.4. The first kappa shape index (κ1) is 31.6. The van der Waals surface area contributed by atoms with Gasteiger partial charge in [-0.15, -0.1) is 0 Å². The maximum atomic E-state index is 3.84. The molecule has 29 heavy (non-hydrogen) atoms. The molecule has 0 amide bonds. The fourth-order valence-electron chi connectivity index (χ4n) is 2.88. The highest BCUT2D eigenvalue weighted by molar-refractivity contribution is 5.58. The normalized spacial score (nSPS) is 13.3. The summed E-state index contributed by atoms with van der Waals surface area (Å²) in [6.07, 6.45) is 23.1. The molecular weight excluding hydrogens is 348 g/mol. The Bertz CT molecular complexity index is 598. The van der Waals surface area contributed by atoms with Gasteiger partial charge in [0, 0.05) is 0 Å². The second-order valence-corrected chi connectivity index (χ2v) is 5.98. The summed E-state index contributed by atoms with van der Waals surface area (Å²) in [6.45, 7) is 26.6. The molecular formula is C29H48. The number of allylic oxidation sites excluding steroid dienone is 14. The molecule has 0 aromatic heterocycles. The molecule has 0 atom stereocenters. The van der Waals surface area contributed by atoms with E-state index in [-0.39, 0.29) is 0 Å². The van der Waals surface area contributed by atoms with Crippen molar-refractivity contribution in [3.63, 3.8) is 0 Å². The lowest BCUT2D eigenvalue weighted by molar-refractivity contribution is 0.903. The minimum atomic E-state index is 1.05. The lowest BCUT2D eigenvalue weighted by Crippen LogP contribution is -1.97. The standard InChI is InChI=1S/C25H36.2C2H6/c1-8-14-19-24(21(7)22(13-6)16-10-3)25(20-15-9-2)23(17-11-4)18-12-5;2*1-2/h8-9,11,13-15,17,19-20H,1-2,10,12,16,18H2,3-7H3;2*1-2H3/b17-11-,19-14-,20-15-,22-13-,24-21+,25-23-;;. The van der Waals surface area contributed by atoms with Gasteiger partial charge >= 0.3 is 0 Å². The van der Waals surface area contributed by atoms with Gasteiger partial charge in [-0.05, 0) is 61.5 Å². The van der Waals surface area contributed by atoms with Gasteiger partial charge in [0.25, 0.3) is 0 Å². The van der Waals surface area contributed by atoms with Gasteiger partial charge in [-0.2, -0.15) is 0 Å². The lowest BCUT2D eigenvalue weighted by atomic mass is 9.88. The van der Waals surface area contributed by atoms with E-state index in [4.69, 9.17) is 0 Å². The van der Waals surface area contributed by atoms with Crippen molar-refractivity contribution in [3.05, 3.63) is 95.7 Å². The minimum Gasteiger partial charge on any atom is -0.0991 e. The van der Waals surface area contributed by atoms with Gasteiger partial charge in [0.15, 0.2) is 0 Å². The van der Waals surface area contributed by atoms with E-state index >= 15 is 0 Å². The SMILES string of the molecule is C=C\C=C/C(=C(\C=C/C)CCC)C(/C=C\C=C)=C(C)/C(=C\C)CCC.CC.CC. The molecule has 0 rings (SSSR count). The van der Waals surface area contributed by atoms with E-state index in [1.54, 1.807) is 0 Å². The summed E-state index contributed by atoms with van der Waals surface area (Å²) in [5, 5.41) is 0. The van der Waals surface area contributed by atoms with Crippen LogP contribution >= 0.6 is 0 Å². The third-order valence-electron chi connectivity index (χ3n) is 4.07. The van der Waals surface area contributed by atoms with Crippen LogP contribution in [0.2, 0.25) is 0 Å². The zero-order chi connectivity index (χ0) is 23.1. The molecule has 0 aliphatic heterocycles. The lowest BCUT2D eigenvalue weighted by Gasteiger charge is -2.16. The molecule has 0 nitrogen and oxygen atoms in total. The van der Waals surface area contributed by atoms with E-state index in [9.17, 15) is 0 Å². The van der Waals surface area contributed by atoms with E-state index in [0.29, 0.717) is 0 Å². The van der Waals surface area contributed by atoms with Crippen molar-refractivity contribution >= 4 is 0 Å². The molecule has 0 aliphatic rings. The van der Waals surface area contributed by atoms with E-state index in [0.717, 1.165) is 25.7 Å². The maximum Gasteiger partial charge on any atom is -0.0149 e. The number of rotatable bonds is 11. The summed E-state index contributed by atoms with van der Waals surface area (Å²) in [6, 6.07) is 0. The Morgan fingerprint density at radius 1 is 0.724 bits per heavy atom. The fourth-order valence-corrected chi connectivity index (χ4v) is 2.88. The molecule has 0 heterocycles. The van der Waals surface area contributed by atoms with Crippen LogP contribution in [0.3, 0.4) is 0 Å². The zero-order valence-electron chi connectivity index (χ0n) is 20.9. The van der Waals surface area contributed by atoms with Crippen molar-refractivity contribution < 1.29 is 0 Å².